The molecule has 0 saturated carbocycles. The number of hydrogen-bond acceptors (Lipinski definition) is 5. The molecule has 2 amide bonds. The van der Waals surface area contributed by atoms with E-state index in [-0.39, 0.29) is 24.3 Å². The van der Waals surface area contributed by atoms with Gasteiger partial charge in [-0.2, -0.15) is 0 Å². The topological polar surface area (TPSA) is 71.5 Å². The monoisotopic (exact) mass is 401 g/mol. The summed E-state index contributed by atoms with van der Waals surface area (Å²) in [6, 6.07) is 9.40. The third-order valence-corrected chi connectivity index (χ3v) is 5.90. The molecule has 1 aliphatic heterocycles. The summed E-state index contributed by atoms with van der Waals surface area (Å²) in [7, 11) is 0. The van der Waals surface area contributed by atoms with Crippen molar-refractivity contribution in [1.82, 2.24) is 15.2 Å². The van der Waals surface area contributed by atoms with Gasteiger partial charge in [-0.25, -0.2) is 4.98 Å². The second-order valence-corrected chi connectivity index (χ2v) is 8.20. The zero-order valence-electron chi connectivity index (χ0n) is 16.4. The number of piperidine rings is 1. The van der Waals surface area contributed by atoms with Crippen LogP contribution in [0.2, 0.25) is 0 Å². The van der Waals surface area contributed by atoms with E-state index in [0.29, 0.717) is 18.2 Å². The van der Waals surface area contributed by atoms with Crippen molar-refractivity contribution in [2.75, 3.05) is 19.7 Å². The minimum absolute atomic E-state index is 0.0224. The fourth-order valence-electron chi connectivity index (χ4n) is 3.10. The summed E-state index contributed by atoms with van der Waals surface area (Å²) in [6.45, 7) is 5.75. The van der Waals surface area contributed by atoms with Crippen LogP contribution < -0.4 is 10.1 Å². The maximum atomic E-state index is 12.4. The minimum Gasteiger partial charge on any atom is -0.484 e. The highest BCUT2D eigenvalue weighted by molar-refractivity contribution is 7.09. The number of amides is 2. The summed E-state index contributed by atoms with van der Waals surface area (Å²) in [6.07, 6.45) is 1.81. The van der Waals surface area contributed by atoms with Gasteiger partial charge in [0.1, 0.15) is 5.75 Å². The Morgan fingerprint density at radius 2 is 1.96 bits per heavy atom. The fourth-order valence-corrected chi connectivity index (χ4v) is 4.09. The van der Waals surface area contributed by atoms with Crippen LogP contribution in [0.3, 0.4) is 0 Å². The number of aromatic nitrogens is 1. The number of carbonyl (C=O) groups excluding carboxylic acids is 2. The number of nitrogens with zero attached hydrogens (tertiary/aromatic N) is 2. The molecule has 1 aromatic heterocycles. The number of nitrogens with one attached hydrogen (secondary N) is 1. The summed E-state index contributed by atoms with van der Waals surface area (Å²) >= 11 is 1.64. The molecule has 7 heteroatoms. The molecule has 2 aromatic rings. The first-order valence-electron chi connectivity index (χ1n) is 9.70. The highest BCUT2D eigenvalue weighted by Crippen LogP contribution is 2.30. The Labute approximate surface area is 169 Å². The van der Waals surface area contributed by atoms with Gasteiger partial charge in [0, 0.05) is 30.3 Å². The van der Waals surface area contributed by atoms with Gasteiger partial charge in [-0.15, -0.1) is 11.3 Å². The quantitative estimate of drug-likeness (QED) is 0.773. The van der Waals surface area contributed by atoms with Crippen molar-refractivity contribution in [3.05, 3.63) is 46.4 Å². The summed E-state index contributed by atoms with van der Waals surface area (Å²) in [5.74, 6) is 1.13. The molecule has 1 aromatic carbocycles. The highest BCUT2D eigenvalue weighted by Gasteiger charge is 2.26. The number of hydrogen-bond donors (Lipinski definition) is 1. The molecule has 0 aliphatic carbocycles. The van der Waals surface area contributed by atoms with Crippen LogP contribution in [0.4, 0.5) is 0 Å². The van der Waals surface area contributed by atoms with Crippen molar-refractivity contribution >= 4 is 23.2 Å². The van der Waals surface area contributed by atoms with E-state index in [1.165, 1.54) is 0 Å². The van der Waals surface area contributed by atoms with Crippen LogP contribution in [0.1, 0.15) is 43.3 Å². The van der Waals surface area contributed by atoms with Gasteiger partial charge in [-0.05, 0) is 25.0 Å². The SMILES string of the molecule is CC(C)C(=O)NCc1csc(C2CCN(C(=O)COc3ccccc3)CC2)n1. The Morgan fingerprint density at radius 1 is 1.25 bits per heavy atom. The maximum Gasteiger partial charge on any atom is 0.260 e. The van der Waals surface area contributed by atoms with Crippen LogP contribution in [0, 0.1) is 5.92 Å². The molecule has 1 N–H and O–H groups in total. The molecule has 28 heavy (non-hydrogen) atoms. The molecule has 0 spiro atoms. The zero-order valence-corrected chi connectivity index (χ0v) is 17.2. The lowest BCUT2D eigenvalue weighted by molar-refractivity contribution is -0.134. The van der Waals surface area contributed by atoms with Crippen molar-refractivity contribution < 1.29 is 14.3 Å². The van der Waals surface area contributed by atoms with Gasteiger partial charge in [0.15, 0.2) is 6.61 Å². The Kier molecular flexibility index (Phi) is 7.03. The molecular weight excluding hydrogens is 374 g/mol. The van der Waals surface area contributed by atoms with Crippen molar-refractivity contribution in [2.45, 2.75) is 39.2 Å². The highest BCUT2D eigenvalue weighted by atomic mass is 32.1. The van der Waals surface area contributed by atoms with Gasteiger partial charge < -0.3 is 15.0 Å². The molecule has 2 heterocycles. The number of likely N-dealkylation sites (tertiary alicyclic amines) is 1. The van der Waals surface area contributed by atoms with Crippen molar-refractivity contribution in [3.63, 3.8) is 0 Å². The van der Waals surface area contributed by atoms with E-state index in [2.05, 4.69) is 10.3 Å². The summed E-state index contributed by atoms with van der Waals surface area (Å²) < 4.78 is 5.56. The zero-order chi connectivity index (χ0) is 19.9. The van der Waals surface area contributed by atoms with Crippen LogP contribution in [-0.4, -0.2) is 41.4 Å². The van der Waals surface area contributed by atoms with E-state index in [1.54, 1.807) is 11.3 Å². The van der Waals surface area contributed by atoms with E-state index in [0.717, 1.165) is 36.6 Å². The second kappa shape index (κ2) is 9.68. The van der Waals surface area contributed by atoms with Gasteiger partial charge in [0.25, 0.3) is 5.91 Å². The third-order valence-electron chi connectivity index (χ3n) is 4.84. The van der Waals surface area contributed by atoms with E-state index in [9.17, 15) is 9.59 Å². The molecule has 0 radical (unpaired) electrons. The molecule has 1 saturated heterocycles. The second-order valence-electron chi connectivity index (χ2n) is 7.31. The summed E-state index contributed by atoms with van der Waals surface area (Å²) in [5, 5.41) is 6.02. The molecule has 0 bridgehead atoms. The normalized spacial score (nSPS) is 14.9. The van der Waals surface area contributed by atoms with Gasteiger partial charge in [-0.1, -0.05) is 32.0 Å². The number of benzene rings is 1. The molecule has 3 rings (SSSR count). The average molecular weight is 402 g/mol. The summed E-state index contributed by atoms with van der Waals surface area (Å²) in [4.78, 5) is 30.6. The van der Waals surface area contributed by atoms with Crippen LogP contribution in [0.25, 0.3) is 0 Å². The first-order valence-corrected chi connectivity index (χ1v) is 10.6. The van der Waals surface area contributed by atoms with Crippen molar-refractivity contribution in [2.24, 2.45) is 5.92 Å². The molecule has 6 nitrogen and oxygen atoms in total. The van der Waals surface area contributed by atoms with Crippen molar-refractivity contribution in [1.29, 1.82) is 0 Å². The fraction of sp³-hybridized carbons (Fsp3) is 0.476. The number of rotatable bonds is 7. The lowest BCUT2D eigenvalue weighted by Crippen LogP contribution is -2.40. The Morgan fingerprint density at radius 3 is 2.64 bits per heavy atom. The number of thiazole rings is 1. The van der Waals surface area contributed by atoms with Gasteiger partial charge in [0.05, 0.1) is 17.2 Å². The maximum absolute atomic E-state index is 12.4. The number of para-hydroxylation sites is 1. The van der Waals surface area contributed by atoms with Crippen molar-refractivity contribution in [3.8, 4) is 5.75 Å². The molecule has 1 fully saturated rings. The molecular formula is C21H27N3O3S. The molecule has 0 unspecified atom stereocenters. The summed E-state index contributed by atoms with van der Waals surface area (Å²) in [5.41, 5.74) is 0.906. The number of ether oxygens (including phenoxy) is 1. The Balaban J connectivity index is 1.43. The van der Waals surface area contributed by atoms with Crippen LogP contribution in [0.15, 0.2) is 35.7 Å². The minimum atomic E-state index is -0.0224. The first kappa shape index (κ1) is 20.3. The lowest BCUT2D eigenvalue weighted by Gasteiger charge is -2.31. The van der Waals surface area contributed by atoms with Gasteiger partial charge in [-0.3, -0.25) is 9.59 Å². The molecule has 150 valence electrons. The molecule has 0 atom stereocenters. The van der Waals surface area contributed by atoms with Crippen LogP contribution in [-0.2, 0) is 16.1 Å². The van der Waals surface area contributed by atoms with Crippen LogP contribution >= 0.6 is 11.3 Å². The standard InChI is InChI=1S/C21H27N3O3S/c1-15(2)20(26)22-12-17-14-28-21(23-17)16-8-10-24(11-9-16)19(25)13-27-18-6-4-3-5-7-18/h3-7,14-16H,8-13H2,1-2H3,(H,22,26). The Hall–Kier alpha value is -2.41. The predicted octanol–water partition coefficient (Wildman–Crippen LogP) is 3.20. The van der Waals surface area contributed by atoms with Gasteiger partial charge >= 0.3 is 0 Å². The van der Waals surface area contributed by atoms with E-state index in [1.807, 2.05) is 54.5 Å². The first-order chi connectivity index (χ1) is 13.5. The predicted molar refractivity (Wildman–Crippen MR) is 109 cm³/mol. The largest absolute Gasteiger partial charge is 0.484 e. The smallest absolute Gasteiger partial charge is 0.260 e. The lowest BCUT2D eigenvalue weighted by atomic mass is 9.97. The van der Waals surface area contributed by atoms with E-state index < -0.39 is 0 Å². The van der Waals surface area contributed by atoms with E-state index in [4.69, 9.17) is 4.74 Å². The molecule has 1 aliphatic rings. The Bertz CT molecular complexity index is 783. The van der Waals surface area contributed by atoms with Gasteiger partial charge in [0.2, 0.25) is 5.91 Å². The van der Waals surface area contributed by atoms with E-state index >= 15 is 0 Å². The average Bonchev–Trinajstić information content (AvgIpc) is 3.20. The third kappa shape index (κ3) is 5.55. The number of carbonyl (C=O) groups is 2. The van der Waals surface area contributed by atoms with Crippen LogP contribution in [0.5, 0.6) is 5.75 Å².